The molecule has 152 valence electrons. The number of methoxy groups -OCH3 is 2. The van der Waals surface area contributed by atoms with E-state index < -0.39 is 0 Å². The number of rotatable bonds is 6. The number of nitrogens with zero attached hydrogens (tertiary/aromatic N) is 1. The van der Waals surface area contributed by atoms with Gasteiger partial charge >= 0.3 is 0 Å². The minimum Gasteiger partial charge on any atom is -0.507 e. The molecule has 3 aromatic carbocycles. The van der Waals surface area contributed by atoms with Crippen LogP contribution in [0.4, 0.5) is 0 Å². The highest BCUT2D eigenvalue weighted by molar-refractivity contribution is 6.14. The van der Waals surface area contributed by atoms with Gasteiger partial charge in [-0.15, -0.1) is 0 Å². The van der Waals surface area contributed by atoms with Crippen molar-refractivity contribution in [2.24, 2.45) is 0 Å². The average Bonchev–Trinajstić information content (AvgIpc) is 3.11. The molecule has 0 aliphatic carbocycles. The zero-order valence-electron chi connectivity index (χ0n) is 17.2. The Morgan fingerprint density at radius 2 is 1.57 bits per heavy atom. The van der Waals surface area contributed by atoms with Crippen molar-refractivity contribution in [2.45, 2.75) is 13.5 Å². The summed E-state index contributed by atoms with van der Waals surface area (Å²) < 4.78 is 12.7. The van der Waals surface area contributed by atoms with Crippen LogP contribution in [0, 0.1) is 0 Å². The van der Waals surface area contributed by atoms with Crippen LogP contribution < -0.4 is 9.47 Å². The summed E-state index contributed by atoms with van der Waals surface area (Å²) in [6.45, 7) is 2.95. The summed E-state index contributed by atoms with van der Waals surface area (Å²) >= 11 is 0. The molecule has 0 radical (unpaired) electrons. The molecule has 0 atom stereocenters. The fourth-order valence-electron chi connectivity index (χ4n) is 3.79. The van der Waals surface area contributed by atoms with Crippen LogP contribution in [0.2, 0.25) is 0 Å². The van der Waals surface area contributed by atoms with Crippen molar-refractivity contribution in [3.63, 3.8) is 0 Å². The van der Waals surface area contributed by atoms with Gasteiger partial charge in [0, 0.05) is 51.6 Å². The van der Waals surface area contributed by atoms with Crippen LogP contribution in [-0.2, 0) is 6.54 Å². The maximum atomic E-state index is 12.9. The molecule has 0 amide bonds. The van der Waals surface area contributed by atoms with Crippen LogP contribution >= 0.6 is 0 Å². The van der Waals surface area contributed by atoms with Crippen molar-refractivity contribution in [2.75, 3.05) is 14.2 Å². The quantitative estimate of drug-likeness (QED) is 0.259. The molecule has 30 heavy (non-hydrogen) atoms. The molecule has 5 nitrogen and oxygen atoms in total. The lowest BCUT2D eigenvalue weighted by molar-refractivity contribution is 0.104. The van der Waals surface area contributed by atoms with E-state index in [1.54, 1.807) is 24.3 Å². The van der Waals surface area contributed by atoms with E-state index >= 15 is 0 Å². The first-order valence-corrected chi connectivity index (χ1v) is 9.75. The predicted octanol–water partition coefficient (Wildman–Crippen LogP) is 5.61. The Labute approximate surface area is 174 Å². The highest BCUT2D eigenvalue weighted by Gasteiger charge is 2.13. The fourth-order valence-corrected chi connectivity index (χ4v) is 3.79. The number of carbonyl (C=O) groups is 1. The van der Waals surface area contributed by atoms with E-state index in [0.29, 0.717) is 22.6 Å². The Balaban J connectivity index is 1.75. The zero-order valence-corrected chi connectivity index (χ0v) is 17.2. The van der Waals surface area contributed by atoms with E-state index in [1.807, 2.05) is 24.3 Å². The third-order valence-corrected chi connectivity index (χ3v) is 5.29. The van der Waals surface area contributed by atoms with Gasteiger partial charge in [-0.05, 0) is 43.3 Å². The third kappa shape index (κ3) is 3.39. The number of para-hydroxylation sites is 1. The fraction of sp³-hybridized carbons (Fsp3) is 0.160. The number of benzene rings is 3. The predicted molar refractivity (Wildman–Crippen MR) is 120 cm³/mol. The van der Waals surface area contributed by atoms with Crippen molar-refractivity contribution in [1.29, 1.82) is 0 Å². The lowest BCUT2D eigenvalue weighted by Crippen LogP contribution is -1.98. The van der Waals surface area contributed by atoms with Crippen molar-refractivity contribution in [3.05, 3.63) is 77.9 Å². The number of fused-ring (bicyclic) bond motifs is 3. The van der Waals surface area contributed by atoms with Crippen molar-refractivity contribution >= 4 is 33.3 Å². The minimum absolute atomic E-state index is 0.145. The van der Waals surface area contributed by atoms with Gasteiger partial charge in [0.25, 0.3) is 0 Å². The zero-order chi connectivity index (χ0) is 21.3. The number of allylic oxidation sites excluding steroid dienone is 1. The third-order valence-electron chi connectivity index (χ3n) is 5.29. The molecule has 4 rings (SSSR count). The Bertz CT molecular complexity index is 1260. The molecule has 0 bridgehead atoms. The minimum atomic E-state index is -0.274. The van der Waals surface area contributed by atoms with Gasteiger partial charge < -0.3 is 19.1 Å². The summed E-state index contributed by atoms with van der Waals surface area (Å²) in [5, 5.41) is 12.7. The number of ether oxygens (including phenoxy) is 2. The van der Waals surface area contributed by atoms with E-state index in [-0.39, 0.29) is 11.5 Å². The summed E-state index contributed by atoms with van der Waals surface area (Å²) in [5.41, 5.74) is 3.19. The number of aryl methyl sites for hydroxylation is 1. The van der Waals surface area contributed by atoms with E-state index in [1.165, 1.54) is 20.3 Å². The molecule has 1 aromatic heterocycles. The number of hydrogen-bond acceptors (Lipinski definition) is 4. The van der Waals surface area contributed by atoms with Gasteiger partial charge in [0.15, 0.2) is 5.78 Å². The van der Waals surface area contributed by atoms with Gasteiger partial charge in [0.2, 0.25) is 0 Å². The van der Waals surface area contributed by atoms with Crippen LogP contribution in [0.3, 0.4) is 0 Å². The number of hydrogen-bond donors (Lipinski definition) is 1. The van der Waals surface area contributed by atoms with Crippen molar-refractivity contribution < 1.29 is 19.4 Å². The number of carbonyl (C=O) groups excluding carboxylic acids is 1. The van der Waals surface area contributed by atoms with Crippen LogP contribution in [0.25, 0.3) is 27.6 Å². The van der Waals surface area contributed by atoms with E-state index in [9.17, 15) is 9.90 Å². The molecule has 4 aromatic rings. The van der Waals surface area contributed by atoms with E-state index in [2.05, 4.69) is 23.6 Å². The highest BCUT2D eigenvalue weighted by atomic mass is 16.5. The molecule has 0 fully saturated rings. The largest absolute Gasteiger partial charge is 0.507 e. The van der Waals surface area contributed by atoms with Crippen molar-refractivity contribution in [1.82, 2.24) is 4.57 Å². The van der Waals surface area contributed by atoms with Crippen LogP contribution in [0.1, 0.15) is 22.8 Å². The summed E-state index contributed by atoms with van der Waals surface area (Å²) in [7, 11) is 3.07. The Hall–Kier alpha value is -3.73. The molecule has 1 heterocycles. The van der Waals surface area contributed by atoms with Crippen LogP contribution in [0.15, 0.2) is 66.7 Å². The molecule has 0 unspecified atom stereocenters. The summed E-state index contributed by atoms with van der Waals surface area (Å²) in [6, 6.07) is 18.8. The van der Waals surface area contributed by atoms with Gasteiger partial charge in [-0.2, -0.15) is 0 Å². The van der Waals surface area contributed by atoms with Gasteiger partial charge in [-0.3, -0.25) is 4.79 Å². The molecule has 1 N–H and O–H groups in total. The van der Waals surface area contributed by atoms with Crippen molar-refractivity contribution in [3.8, 4) is 11.5 Å². The molecular weight excluding hydrogens is 378 g/mol. The number of aromatic nitrogens is 1. The lowest BCUT2D eigenvalue weighted by atomic mass is 10.0. The smallest absolute Gasteiger partial charge is 0.189 e. The topological polar surface area (TPSA) is 60.7 Å². The second kappa shape index (κ2) is 7.95. The average molecular weight is 401 g/mol. The Morgan fingerprint density at radius 1 is 0.900 bits per heavy atom. The summed E-state index contributed by atoms with van der Waals surface area (Å²) in [6.07, 6.45) is 1.23. The SMILES string of the molecule is CCn1c2ccccc2c2cc(C(=O)C=C(O)c3cc(OC)cc(OC)c3)ccc21. The second-order valence-electron chi connectivity index (χ2n) is 6.99. The Kier molecular flexibility index (Phi) is 5.19. The first-order valence-electron chi connectivity index (χ1n) is 9.75. The molecular formula is C25H23NO4. The normalized spacial score (nSPS) is 11.8. The first-order chi connectivity index (χ1) is 14.5. The molecule has 0 saturated carbocycles. The van der Waals surface area contributed by atoms with E-state index in [0.717, 1.165) is 28.4 Å². The number of aliphatic hydroxyl groups excluding tert-OH is 1. The maximum absolute atomic E-state index is 12.9. The van der Waals surface area contributed by atoms with Crippen LogP contribution in [-0.4, -0.2) is 29.7 Å². The van der Waals surface area contributed by atoms with Gasteiger partial charge in [-0.25, -0.2) is 0 Å². The molecule has 0 aliphatic rings. The van der Waals surface area contributed by atoms with Gasteiger partial charge in [0.05, 0.1) is 14.2 Å². The van der Waals surface area contributed by atoms with Gasteiger partial charge in [-0.1, -0.05) is 18.2 Å². The van der Waals surface area contributed by atoms with Crippen LogP contribution in [0.5, 0.6) is 11.5 Å². The lowest BCUT2D eigenvalue weighted by Gasteiger charge is -2.08. The number of aliphatic hydroxyl groups is 1. The summed E-state index contributed by atoms with van der Waals surface area (Å²) in [4.78, 5) is 12.9. The molecule has 0 saturated heterocycles. The molecule has 0 spiro atoms. The second-order valence-corrected chi connectivity index (χ2v) is 6.99. The molecule has 0 aliphatic heterocycles. The monoisotopic (exact) mass is 401 g/mol. The first kappa shape index (κ1) is 19.6. The Morgan fingerprint density at radius 3 is 2.23 bits per heavy atom. The number of ketones is 1. The summed E-state index contributed by atoms with van der Waals surface area (Å²) in [5.74, 6) is 0.647. The highest BCUT2D eigenvalue weighted by Crippen LogP contribution is 2.30. The standard InChI is InChI=1S/C25H23NO4/c1-4-26-22-8-6-5-7-20(22)21-13-16(9-10-23(21)26)24(27)15-25(28)17-11-18(29-2)14-19(12-17)30-3/h5-15,28H,4H2,1-3H3. The maximum Gasteiger partial charge on any atom is 0.189 e. The van der Waals surface area contributed by atoms with E-state index in [4.69, 9.17) is 9.47 Å². The van der Waals surface area contributed by atoms with Gasteiger partial charge in [0.1, 0.15) is 17.3 Å². The molecule has 5 heteroatoms.